The van der Waals surface area contributed by atoms with Crippen molar-refractivity contribution in [3.63, 3.8) is 0 Å². The summed E-state index contributed by atoms with van der Waals surface area (Å²) in [5, 5.41) is 7.19. The van der Waals surface area contributed by atoms with Crippen LogP contribution in [0, 0.1) is 25.7 Å². The fourth-order valence-electron chi connectivity index (χ4n) is 6.47. The van der Waals surface area contributed by atoms with Crippen molar-refractivity contribution in [1.82, 2.24) is 20.3 Å². The Labute approximate surface area is 226 Å². The van der Waals surface area contributed by atoms with Crippen LogP contribution in [0.25, 0.3) is 0 Å². The van der Waals surface area contributed by atoms with Crippen molar-refractivity contribution in [1.29, 1.82) is 0 Å². The predicted octanol–water partition coefficient (Wildman–Crippen LogP) is 3.81. The van der Waals surface area contributed by atoms with Gasteiger partial charge in [0.2, 0.25) is 5.91 Å². The highest BCUT2D eigenvalue weighted by Crippen LogP contribution is 2.35. The zero-order chi connectivity index (χ0) is 26.6. The Balaban J connectivity index is 1.32. The molecule has 1 aliphatic heterocycles. The van der Waals surface area contributed by atoms with E-state index in [0.717, 1.165) is 25.8 Å². The van der Waals surface area contributed by atoms with Gasteiger partial charge in [0, 0.05) is 37.8 Å². The lowest BCUT2D eigenvalue weighted by molar-refractivity contribution is -0.128. The maximum absolute atomic E-state index is 13.7. The first-order chi connectivity index (χ1) is 18.4. The van der Waals surface area contributed by atoms with Crippen molar-refractivity contribution in [2.45, 2.75) is 89.9 Å². The van der Waals surface area contributed by atoms with Crippen LogP contribution in [-0.4, -0.2) is 64.5 Å². The molecule has 1 aromatic carbocycles. The molecule has 1 aromatic heterocycles. The molecule has 4 atom stereocenters. The molecule has 8 heteroatoms. The summed E-state index contributed by atoms with van der Waals surface area (Å²) in [5.74, 6) is 1.32. The molecular formula is C30H43N5O3. The minimum absolute atomic E-state index is 0.0511. The van der Waals surface area contributed by atoms with Crippen molar-refractivity contribution in [3.05, 3.63) is 52.9 Å². The normalized spacial score (nSPS) is 25.9. The first kappa shape index (κ1) is 26.9. The highest BCUT2D eigenvalue weighted by Gasteiger charge is 2.42. The van der Waals surface area contributed by atoms with E-state index in [1.54, 1.807) is 17.9 Å². The van der Waals surface area contributed by atoms with E-state index in [4.69, 9.17) is 10.3 Å². The Hall–Kier alpha value is -2.71. The van der Waals surface area contributed by atoms with E-state index in [2.05, 4.69) is 46.6 Å². The van der Waals surface area contributed by atoms with Crippen LogP contribution in [0.5, 0.6) is 0 Å². The van der Waals surface area contributed by atoms with E-state index >= 15 is 0 Å². The topological polar surface area (TPSA) is 105 Å². The summed E-state index contributed by atoms with van der Waals surface area (Å²) in [6.45, 7) is 6.72. The number of hydrogen-bond acceptors (Lipinski definition) is 6. The zero-order valence-corrected chi connectivity index (χ0v) is 22.9. The van der Waals surface area contributed by atoms with Gasteiger partial charge >= 0.3 is 0 Å². The van der Waals surface area contributed by atoms with Crippen LogP contribution in [0.3, 0.4) is 0 Å². The van der Waals surface area contributed by atoms with Gasteiger partial charge in [0.1, 0.15) is 11.8 Å². The molecule has 8 nitrogen and oxygen atoms in total. The molecule has 0 radical (unpaired) electrons. The van der Waals surface area contributed by atoms with Gasteiger partial charge in [-0.1, -0.05) is 35.8 Å². The Morgan fingerprint density at radius 3 is 2.58 bits per heavy atom. The summed E-state index contributed by atoms with van der Waals surface area (Å²) in [6, 6.07) is 10.5. The summed E-state index contributed by atoms with van der Waals surface area (Å²) in [6.07, 6.45) is 8.41. The standard InChI is InChI=1S/C30H43N5O3/c1-20-6-3-4-9-24(20)19-35(25-10-11-25)26-12-13-34(30(37)27-14-21(2)38-33-27)28(16-26)29(36)32-18-23-8-5-7-22(15-23)17-31/h3-4,6,9,14,22-23,25-26,28H,5,7-8,10-13,15-19,31H2,1-2H3,(H,32,36)/t22?,23?,26?,28-/m1/s1. The van der Waals surface area contributed by atoms with Crippen molar-refractivity contribution < 1.29 is 14.1 Å². The summed E-state index contributed by atoms with van der Waals surface area (Å²) in [7, 11) is 0. The fourth-order valence-corrected chi connectivity index (χ4v) is 6.47. The molecule has 2 amide bonds. The lowest BCUT2D eigenvalue weighted by Gasteiger charge is -2.43. The van der Waals surface area contributed by atoms with Crippen molar-refractivity contribution in [2.75, 3.05) is 19.6 Å². The number of aryl methyl sites for hydroxylation is 2. The molecule has 3 N–H and O–H groups in total. The van der Waals surface area contributed by atoms with Crippen LogP contribution in [-0.2, 0) is 11.3 Å². The Kier molecular flexibility index (Phi) is 8.48. The zero-order valence-electron chi connectivity index (χ0n) is 22.9. The number of aromatic nitrogens is 1. The monoisotopic (exact) mass is 521 g/mol. The molecule has 0 bridgehead atoms. The summed E-state index contributed by atoms with van der Waals surface area (Å²) >= 11 is 0. The average Bonchev–Trinajstić information content (AvgIpc) is 3.69. The van der Waals surface area contributed by atoms with Gasteiger partial charge in [0.25, 0.3) is 5.91 Å². The maximum Gasteiger partial charge on any atom is 0.276 e. The van der Waals surface area contributed by atoms with Gasteiger partial charge in [-0.3, -0.25) is 14.5 Å². The molecular weight excluding hydrogens is 478 g/mol. The van der Waals surface area contributed by atoms with E-state index in [1.165, 1.54) is 36.8 Å². The quantitative estimate of drug-likeness (QED) is 0.520. The van der Waals surface area contributed by atoms with Gasteiger partial charge < -0.3 is 20.5 Å². The number of carbonyl (C=O) groups excluding carboxylic acids is 2. The molecule has 1 saturated heterocycles. The van der Waals surface area contributed by atoms with Gasteiger partial charge in [0.05, 0.1) is 0 Å². The highest BCUT2D eigenvalue weighted by atomic mass is 16.5. The fraction of sp³-hybridized carbons (Fsp3) is 0.633. The van der Waals surface area contributed by atoms with E-state index in [1.807, 2.05) is 0 Å². The molecule has 3 fully saturated rings. The number of nitrogens with zero attached hydrogens (tertiary/aromatic N) is 3. The molecule has 2 saturated carbocycles. The Bertz CT molecular complexity index is 1110. The molecule has 2 heterocycles. The minimum Gasteiger partial charge on any atom is -0.361 e. The molecule has 5 rings (SSSR count). The number of piperidine rings is 1. The third-order valence-corrected chi connectivity index (χ3v) is 8.87. The molecule has 38 heavy (non-hydrogen) atoms. The average molecular weight is 522 g/mol. The number of benzene rings is 1. The van der Waals surface area contributed by atoms with E-state index < -0.39 is 6.04 Å². The van der Waals surface area contributed by atoms with Crippen molar-refractivity contribution in [3.8, 4) is 0 Å². The van der Waals surface area contributed by atoms with Gasteiger partial charge in [-0.15, -0.1) is 0 Å². The molecule has 2 aromatic rings. The lowest BCUT2D eigenvalue weighted by atomic mass is 9.81. The third kappa shape index (κ3) is 6.29. The largest absolute Gasteiger partial charge is 0.361 e. The molecule has 0 spiro atoms. The number of nitrogens with two attached hydrogens (primary N) is 1. The lowest BCUT2D eigenvalue weighted by Crippen LogP contribution is -2.58. The number of rotatable bonds is 9. The van der Waals surface area contributed by atoms with Gasteiger partial charge in [-0.25, -0.2) is 0 Å². The van der Waals surface area contributed by atoms with Gasteiger partial charge in [0.15, 0.2) is 5.69 Å². The first-order valence-corrected chi connectivity index (χ1v) is 14.4. The second-order valence-electron chi connectivity index (χ2n) is 11.7. The molecule has 206 valence electrons. The number of nitrogens with one attached hydrogen (secondary N) is 1. The first-order valence-electron chi connectivity index (χ1n) is 14.4. The molecule has 3 aliphatic rings. The van der Waals surface area contributed by atoms with E-state index in [-0.39, 0.29) is 23.6 Å². The van der Waals surface area contributed by atoms with Gasteiger partial charge in [-0.05, 0) is 88.3 Å². The smallest absolute Gasteiger partial charge is 0.276 e. The second-order valence-corrected chi connectivity index (χ2v) is 11.7. The Morgan fingerprint density at radius 1 is 1.08 bits per heavy atom. The summed E-state index contributed by atoms with van der Waals surface area (Å²) < 4.78 is 5.18. The number of amides is 2. The van der Waals surface area contributed by atoms with E-state index in [0.29, 0.717) is 49.7 Å². The SMILES string of the molecule is Cc1cc(C(=O)N2CCC(N(Cc3ccccc3C)C3CC3)C[C@@H]2C(=O)NCC2CCCC(CN)C2)no1. The van der Waals surface area contributed by atoms with Crippen LogP contribution in [0.1, 0.15) is 78.7 Å². The molecule has 3 unspecified atom stereocenters. The van der Waals surface area contributed by atoms with Crippen molar-refractivity contribution >= 4 is 11.8 Å². The number of hydrogen-bond donors (Lipinski definition) is 2. The van der Waals surface area contributed by atoms with Crippen LogP contribution >= 0.6 is 0 Å². The predicted molar refractivity (Wildman–Crippen MR) is 146 cm³/mol. The Morgan fingerprint density at radius 2 is 1.87 bits per heavy atom. The molecule has 2 aliphatic carbocycles. The summed E-state index contributed by atoms with van der Waals surface area (Å²) in [5.41, 5.74) is 8.84. The van der Waals surface area contributed by atoms with E-state index in [9.17, 15) is 9.59 Å². The minimum atomic E-state index is -0.523. The third-order valence-electron chi connectivity index (χ3n) is 8.87. The number of carbonyl (C=O) groups is 2. The van der Waals surface area contributed by atoms with Crippen LogP contribution < -0.4 is 11.1 Å². The van der Waals surface area contributed by atoms with Crippen molar-refractivity contribution in [2.24, 2.45) is 17.6 Å². The maximum atomic E-state index is 13.7. The summed E-state index contributed by atoms with van der Waals surface area (Å²) in [4.78, 5) is 31.5. The van der Waals surface area contributed by atoms with Crippen LogP contribution in [0.15, 0.2) is 34.9 Å². The highest BCUT2D eigenvalue weighted by molar-refractivity contribution is 5.96. The second kappa shape index (κ2) is 12.0. The van der Waals surface area contributed by atoms with Crippen LogP contribution in [0.2, 0.25) is 0 Å². The number of likely N-dealkylation sites (tertiary alicyclic amines) is 1. The van der Waals surface area contributed by atoms with Gasteiger partial charge in [-0.2, -0.15) is 0 Å². The van der Waals surface area contributed by atoms with Crippen LogP contribution in [0.4, 0.5) is 0 Å².